The van der Waals surface area contributed by atoms with Gasteiger partial charge in [0.1, 0.15) is 5.82 Å². The lowest BCUT2D eigenvalue weighted by Crippen LogP contribution is -2.22. The van der Waals surface area contributed by atoms with Gasteiger partial charge >= 0.3 is 0 Å². The second-order valence-corrected chi connectivity index (χ2v) is 10.1. The van der Waals surface area contributed by atoms with Gasteiger partial charge in [-0.15, -0.1) is 0 Å². The van der Waals surface area contributed by atoms with Crippen LogP contribution in [0.2, 0.25) is 5.02 Å². The van der Waals surface area contributed by atoms with E-state index in [0.29, 0.717) is 28.7 Å². The molecule has 3 aromatic carbocycles. The number of rotatable bonds is 8. The number of sulfonamides is 1. The summed E-state index contributed by atoms with van der Waals surface area (Å²) < 4.78 is 42.5. The largest absolute Gasteiger partial charge is 0.395 e. The molecular weight excluding hydrogens is 495 g/mol. The number of nitrogens with one attached hydrogen (secondary N) is 2. The van der Waals surface area contributed by atoms with Crippen LogP contribution in [0.4, 0.5) is 21.5 Å². The third-order valence-corrected chi connectivity index (χ3v) is 7.07. The lowest BCUT2D eigenvalue weighted by atomic mass is 10.1. The Labute approximate surface area is 206 Å². The summed E-state index contributed by atoms with van der Waals surface area (Å²) in [6.07, 6.45) is 1.49. The van der Waals surface area contributed by atoms with Crippen LogP contribution in [0.25, 0.3) is 10.9 Å². The van der Waals surface area contributed by atoms with Gasteiger partial charge in [-0.1, -0.05) is 41.9 Å². The summed E-state index contributed by atoms with van der Waals surface area (Å²) in [7, 11) is -3.87. The summed E-state index contributed by atoms with van der Waals surface area (Å²) in [6.45, 7) is 1.47. The van der Waals surface area contributed by atoms with Gasteiger partial charge in [-0.05, 0) is 42.3 Å². The topological polar surface area (TPSA) is 113 Å². The molecule has 0 aliphatic carbocycles. The van der Waals surface area contributed by atoms with Crippen LogP contribution in [0.1, 0.15) is 11.1 Å². The standard InChI is InChI=1S/C24H22ClFN4O4S/c1-15-18(28-23-17(26)7-8-20(22(23)25)29-35(33,34)12-11-31)9-10-19-21(15)24(32)30(14-27-19)13-16-5-3-2-4-6-16/h2-10,14,28-29,31H,11-13H2,1H3. The average molecular weight is 517 g/mol. The lowest BCUT2D eigenvalue weighted by Gasteiger charge is -2.17. The molecule has 0 saturated heterocycles. The number of hydrogen-bond acceptors (Lipinski definition) is 6. The Morgan fingerprint density at radius 1 is 1.09 bits per heavy atom. The first-order chi connectivity index (χ1) is 16.7. The Morgan fingerprint density at radius 3 is 2.51 bits per heavy atom. The third-order valence-electron chi connectivity index (χ3n) is 5.43. The monoisotopic (exact) mass is 516 g/mol. The van der Waals surface area contributed by atoms with Crippen molar-refractivity contribution >= 4 is 49.6 Å². The van der Waals surface area contributed by atoms with E-state index in [1.54, 1.807) is 19.1 Å². The summed E-state index contributed by atoms with van der Waals surface area (Å²) in [5.41, 5.74) is 1.91. The van der Waals surface area contributed by atoms with E-state index >= 15 is 0 Å². The molecule has 1 heterocycles. The van der Waals surface area contributed by atoms with E-state index in [9.17, 15) is 17.6 Å². The molecule has 11 heteroatoms. The van der Waals surface area contributed by atoms with Crippen LogP contribution in [-0.2, 0) is 16.6 Å². The molecule has 0 spiro atoms. The molecule has 0 unspecified atom stereocenters. The highest BCUT2D eigenvalue weighted by atomic mass is 35.5. The van der Waals surface area contributed by atoms with Crippen molar-refractivity contribution < 1.29 is 17.9 Å². The number of benzene rings is 3. The highest BCUT2D eigenvalue weighted by Gasteiger charge is 2.19. The Hall–Kier alpha value is -3.47. The third kappa shape index (κ3) is 5.29. The number of anilines is 3. The number of fused-ring (bicyclic) bond motifs is 1. The predicted octanol–water partition coefficient (Wildman–Crippen LogP) is 4.02. The van der Waals surface area contributed by atoms with E-state index in [0.717, 1.165) is 11.6 Å². The molecule has 35 heavy (non-hydrogen) atoms. The zero-order valence-corrected chi connectivity index (χ0v) is 20.2. The molecule has 4 aromatic rings. The maximum Gasteiger partial charge on any atom is 0.261 e. The number of nitrogens with zero attached hydrogens (tertiary/aromatic N) is 2. The van der Waals surface area contributed by atoms with Gasteiger partial charge in [0, 0.05) is 5.69 Å². The van der Waals surface area contributed by atoms with E-state index in [2.05, 4.69) is 15.0 Å². The van der Waals surface area contributed by atoms with Gasteiger partial charge in [-0.25, -0.2) is 17.8 Å². The van der Waals surface area contributed by atoms with Gasteiger partial charge in [0.15, 0.2) is 0 Å². The summed E-state index contributed by atoms with van der Waals surface area (Å²) in [5, 5.41) is 12.0. The fourth-order valence-corrected chi connectivity index (χ4v) is 4.80. The molecule has 0 aliphatic heterocycles. The number of aliphatic hydroxyl groups excluding tert-OH is 1. The molecule has 0 amide bonds. The quantitative estimate of drug-likeness (QED) is 0.326. The second-order valence-electron chi connectivity index (χ2n) is 7.85. The average Bonchev–Trinajstić information content (AvgIpc) is 2.82. The summed E-state index contributed by atoms with van der Waals surface area (Å²) in [4.78, 5) is 17.7. The van der Waals surface area contributed by atoms with Crippen LogP contribution in [0, 0.1) is 12.7 Å². The van der Waals surface area contributed by atoms with E-state index in [1.807, 2.05) is 30.3 Å². The molecule has 182 valence electrons. The van der Waals surface area contributed by atoms with E-state index in [4.69, 9.17) is 16.7 Å². The van der Waals surface area contributed by atoms with Gasteiger partial charge in [0.25, 0.3) is 5.56 Å². The molecule has 1 aromatic heterocycles. The van der Waals surface area contributed by atoms with Crippen LogP contribution in [0.15, 0.2) is 65.7 Å². The zero-order valence-electron chi connectivity index (χ0n) is 18.6. The van der Waals surface area contributed by atoms with Crippen molar-refractivity contribution in [3.63, 3.8) is 0 Å². The minimum atomic E-state index is -3.87. The Kier molecular flexibility index (Phi) is 7.06. The highest BCUT2D eigenvalue weighted by Crippen LogP contribution is 2.36. The van der Waals surface area contributed by atoms with Crippen molar-refractivity contribution in [2.24, 2.45) is 0 Å². The molecule has 0 aliphatic rings. The Balaban J connectivity index is 1.73. The van der Waals surface area contributed by atoms with Crippen LogP contribution in [0.3, 0.4) is 0 Å². The Bertz CT molecular complexity index is 1560. The fraction of sp³-hybridized carbons (Fsp3) is 0.167. The summed E-state index contributed by atoms with van der Waals surface area (Å²) >= 11 is 6.32. The smallest absolute Gasteiger partial charge is 0.261 e. The lowest BCUT2D eigenvalue weighted by molar-refractivity contribution is 0.320. The van der Waals surface area contributed by atoms with Gasteiger partial charge in [-0.3, -0.25) is 14.1 Å². The normalized spacial score (nSPS) is 11.5. The number of aromatic nitrogens is 2. The summed E-state index contributed by atoms with van der Waals surface area (Å²) in [6, 6.07) is 15.0. The zero-order chi connectivity index (χ0) is 25.2. The molecule has 0 radical (unpaired) electrons. The molecular formula is C24H22ClFN4O4S. The molecule has 0 atom stereocenters. The first-order valence-electron chi connectivity index (χ1n) is 10.6. The number of aliphatic hydroxyl groups is 1. The maximum absolute atomic E-state index is 14.7. The SMILES string of the molecule is Cc1c(Nc2c(F)ccc(NS(=O)(=O)CCO)c2Cl)ccc2ncn(Cc3ccccc3)c(=O)c12. The summed E-state index contributed by atoms with van der Waals surface area (Å²) in [5.74, 6) is -1.25. The van der Waals surface area contributed by atoms with Crippen LogP contribution < -0.4 is 15.6 Å². The number of halogens is 2. The van der Waals surface area contributed by atoms with Gasteiger partial charge in [-0.2, -0.15) is 0 Å². The highest BCUT2D eigenvalue weighted by molar-refractivity contribution is 7.92. The van der Waals surface area contributed by atoms with Crippen molar-refractivity contribution in [2.75, 3.05) is 22.4 Å². The fourth-order valence-electron chi connectivity index (χ4n) is 3.65. The van der Waals surface area contributed by atoms with E-state index in [-0.39, 0.29) is 22.0 Å². The van der Waals surface area contributed by atoms with E-state index < -0.39 is 28.2 Å². The first-order valence-corrected chi connectivity index (χ1v) is 12.6. The minimum absolute atomic E-state index is 0.0469. The molecule has 8 nitrogen and oxygen atoms in total. The van der Waals surface area contributed by atoms with Crippen LogP contribution in [-0.4, -0.2) is 35.4 Å². The van der Waals surface area contributed by atoms with Crippen molar-refractivity contribution in [1.82, 2.24) is 9.55 Å². The molecule has 0 saturated carbocycles. The van der Waals surface area contributed by atoms with Crippen molar-refractivity contribution in [2.45, 2.75) is 13.5 Å². The minimum Gasteiger partial charge on any atom is -0.395 e. The second kappa shape index (κ2) is 10.0. The molecule has 0 fully saturated rings. The molecule has 0 bridgehead atoms. The molecule has 3 N–H and O–H groups in total. The predicted molar refractivity (Wildman–Crippen MR) is 135 cm³/mol. The van der Waals surface area contributed by atoms with Crippen molar-refractivity contribution in [3.05, 3.63) is 93.2 Å². The van der Waals surface area contributed by atoms with Gasteiger partial charge in [0.05, 0.1) is 52.5 Å². The van der Waals surface area contributed by atoms with Crippen LogP contribution >= 0.6 is 11.6 Å². The number of aryl methyl sites for hydroxylation is 1. The van der Waals surface area contributed by atoms with Crippen LogP contribution in [0.5, 0.6) is 0 Å². The maximum atomic E-state index is 14.7. The van der Waals surface area contributed by atoms with Gasteiger partial charge in [0.2, 0.25) is 10.0 Å². The van der Waals surface area contributed by atoms with Gasteiger partial charge < -0.3 is 10.4 Å². The Morgan fingerprint density at radius 2 is 1.80 bits per heavy atom. The van der Waals surface area contributed by atoms with E-state index in [1.165, 1.54) is 17.0 Å². The van der Waals surface area contributed by atoms with Crippen molar-refractivity contribution in [3.8, 4) is 0 Å². The first kappa shape index (κ1) is 24.6. The number of hydrogen-bond donors (Lipinski definition) is 3. The van der Waals surface area contributed by atoms with Crippen molar-refractivity contribution in [1.29, 1.82) is 0 Å². The molecule has 4 rings (SSSR count).